The third-order valence-corrected chi connectivity index (χ3v) is 4.14. The molecule has 1 fully saturated rings. The largest absolute Gasteiger partial charge is 0.329 e. The molecule has 0 spiro atoms. The van der Waals surface area contributed by atoms with E-state index in [9.17, 15) is 0 Å². The third-order valence-electron chi connectivity index (χ3n) is 4.14. The molecule has 1 aliphatic rings. The summed E-state index contributed by atoms with van der Waals surface area (Å²) < 4.78 is 0. The predicted molar refractivity (Wildman–Crippen MR) is 78.4 cm³/mol. The summed E-state index contributed by atoms with van der Waals surface area (Å²) in [5.74, 6) is 2.86. The summed E-state index contributed by atoms with van der Waals surface area (Å²) in [6.07, 6.45) is 9.95. The molecule has 1 rings (SSSR count). The van der Waals surface area contributed by atoms with Gasteiger partial charge in [0.05, 0.1) is 6.04 Å². The van der Waals surface area contributed by atoms with Crippen molar-refractivity contribution in [1.82, 2.24) is 10.2 Å². The number of nitrogens with one attached hydrogen (secondary N) is 1. The van der Waals surface area contributed by atoms with Crippen LogP contribution in [0.5, 0.6) is 0 Å². The molecule has 3 heteroatoms. The van der Waals surface area contributed by atoms with Gasteiger partial charge in [0.25, 0.3) is 0 Å². The van der Waals surface area contributed by atoms with E-state index in [0.717, 1.165) is 38.8 Å². The van der Waals surface area contributed by atoms with Crippen molar-refractivity contribution in [3.63, 3.8) is 0 Å². The van der Waals surface area contributed by atoms with Gasteiger partial charge in [-0.05, 0) is 33.1 Å². The minimum absolute atomic E-state index is 0.0532. The van der Waals surface area contributed by atoms with E-state index in [0.29, 0.717) is 12.6 Å². The molecule has 3 N–H and O–H groups in total. The summed E-state index contributed by atoms with van der Waals surface area (Å²) in [5.41, 5.74) is 6.06. The van der Waals surface area contributed by atoms with Crippen molar-refractivity contribution in [2.45, 2.75) is 64.1 Å². The molecule has 1 atom stereocenters. The van der Waals surface area contributed by atoms with E-state index in [2.05, 4.69) is 36.9 Å². The third kappa shape index (κ3) is 3.98. The highest BCUT2D eigenvalue weighted by atomic mass is 15.2. The normalized spacial score (nSPS) is 21.8. The van der Waals surface area contributed by atoms with E-state index >= 15 is 0 Å². The first-order chi connectivity index (χ1) is 8.56. The predicted octanol–water partition coefficient (Wildman–Crippen LogP) is 1.58. The molecule has 0 saturated carbocycles. The highest BCUT2D eigenvalue weighted by Crippen LogP contribution is 2.23. The fraction of sp³-hybridized carbons (Fsp3) is 0.867. The first-order valence-corrected chi connectivity index (χ1v) is 7.25. The first-order valence-electron chi connectivity index (χ1n) is 7.25. The molecule has 0 bridgehead atoms. The Morgan fingerprint density at radius 3 is 2.39 bits per heavy atom. The zero-order valence-electron chi connectivity index (χ0n) is 12.2. The van der Waals surface area contributed by atoms with Crippen molar-refractivity contribution in [1.29, 1.82) is 0 Å². The molecule has 1 unspecified atom stereocenters. The van der Waals surface area contributed by atoms with Gasteiger partial charge in [-0.25, -0.2) is 0 Å². The number of nitrogens with two attached hydrogens (primary N) is 1. The molecule has 0 aromatic carbocycles. The Labute approximate surface area is 112 Å². The highest BCUT2D eigenvalue weighted by molar-refractivity contribution is 5.05. The van der Waals surface area contributed by atoms with Gasteiger partial charge in [-0.3, -0.25) is 5.32 Å². The molecule has 1 saturated heterocycles. The molecule has 0 radical (unpaired) electrons. The average molecular weight is 251 g/mol. The zero-order valence-corrected chi connectivity index (χ0v) is 12.2. The van der Waals surface area contributed by atoms with Crippen LogP contribution in [0, 0.1) is 12.3 Å². The lowest BCUT2D eigenvalue weighted by molar-refractivity contribution is 0.109. The lowest BCUT2D eigenvalue weighted by Crippen LogP contribution is -2.60. The Kier molecular flexibility index (Phi) is 6.14. The second-order valence-electron chi connectivity index (χ2n) is 5.77. The van der Waals surface area contributed by atoms with Crippen LogP contribution >= 0.6 is 0 Å². The topological polar surface area (TPSA) is 41.3 Å². The van der Waals surface area contributed by atoms with Crippen LogP contribution in [-0.2, 0) is 0 Å². The van der Waals surface area contributed by atoms with Crippen molar-refractivity contribution >= 4 is 0 Å². The number of piperidine rings is 1. The fourth-order valence-corrected chi connectivity index (χ4v) is 2.73. The van der Waals surface area contributed by atoms with Crippen LogP contribution in [0.15, 0.2) is 0 Å². The molecule has 0 aromatic rings. The Balaban J connectivity index is 2.57. The van der Waals surface area contributed by atoms with Crippen LogP contribution in [0.2, 0.25) is 0 Å². The fourth-order valence-electron chi connectivity index (χ4n) is 2.73. The quantitative estimate of drug-likeness (QED) is 0.704. The van der Waals surface area contributed by atoms with Crippen LogP contribution in [0.3, 0.4) is 0 Å². The van der Waals surface area contributed by atoms with Gasteiger partial charge in [-0.15, -0.1) is 6.42 Å². The SMILES string of the molecule is C#CC(CCC)NC1(CN)CCN(C(C)C)CC1. The van der Waals surface area contributed by atoms with Crippen LogP contribution in [0.1, 0.15) is 46.5 Å². The average Bonchev–Trinajstić information content (AvgIpc) is 2.38. The van der Waals surface area contributed by atoms with E-state index in [1.54, 1.807) is 0 Å². The Bertz CT molecular complexity index is 272. The maximum atomic E-state index is 6.01. The first kappa shape index (κ1) is 15.5. The molecule has 0 aliphatic carbocycles. The molecule has 0 amide bonds. The molecule has 104 valence electrons. The van der Waals surface area contributed by atoms with E-state index in [-0.39, 0.29) is 11.6 Å². The van der Waals surface area contributed by atoms with Crippen LogP contribution < -0.4 is 11.1 Å². The van der Waals surface area contributed by atoms with Gasteiger partial charge in [0.2, 0.25) is 0 Å². The number of hydrogen-bond acceptors (Lipinski definition) is 3. The second kappa shape index (κ2) is 7.13. The summed E-state index contributed by atoms with van der Waals surface area (Å²) in [7, 11) is 0. The molecular weight excluding hydrogens is 222 g/mol. The van der Waals surface area contributed by atoms with Gasteiger partial charge >= 0.3 is 0 Å². The monoisotopic (exact) mass is 251 g/mol. The lowest BCUT2D eigenvalue weighted by Gasteiger charge is -2.44. The molecule has 1 heterocycles. The summed E-state index contributed by atoms with van der Waals surface area (Å²) in [6, 6.07) is 0.795. The number of rotatable bonds is 6. The van der Waals surface area contributed by atoms with E-state index in [1.165, 1.54) is 0 Å². The number of terminal acetylenes is 1. The summed E-state index contributed by atoms with van der Waals surface area (Å²) in [4.78, 5) is 2.51. The number of hydrogen-bond donors (Lipinski definition) is 2. The lowest BCUT2D eigenvalue weighted by atomic mass is 9.86. The molecule has 3 nitrogen and oxygen atoms in total. The van der Waals surface area contributed by atoms with Crippen LogP contribution in [0.4, 0.5) is 0 Å². The van der Waals surface area contributed by atoms with E-state index < -0.39 is 0 Å². The van der Waals surface area contributed by atoms with Gasteiger partial charge in [-0.2, -0.15) is 0 Å². The zero-order chi connectivity index (χ0) is 13.6. The van der Waals surface area contributed by atoms with Crippen LogP contribution in [0.25, 0.3) is 0 Å². The second-order valence-corrected chi connectivity index (χ2v) is 5.77. The van der Waals surface area contributed by atoms with Crippen LogP contribution in [-0.4, -0.2) is 42.2 Å². The summed E-state index contributed by atoms with van der Waals surface area (Å²) in [6.45, 7) is 9.59. The van der Waals surface area contributed by atoms with Crippen molar-refractivity contribution in [3.8, 4) is 12.3 Å². The van der Waals surface area contributed by atoms with Gasteiger partial charge in [-0.1, -0.05) is 19.3 Å². The van der Waals surface area contributed by atoms with Gasteiger partial charge in [0, 0.05) is 31.2 Å². The molecule has 18 heavy (non-hydrogen) atoms. The highest BCUT2D eigenvalue weighted by Gasteiger charge is 2.35. The standard InChI is InChI=1S/C15H29N3/c1-5-7-14(6-2)17-15(12-16)8-10-18(11-9-15)13(3)4/h2,13-14,17H,5,7-12,16H2,1,3-4H3. The summed E-state index contributed by atoms with van der Waals surface area (Å²) in [5, 5.41) is 3.64. The van der Waals surface area contributed by atoms with E-state index in [1.807, 2.05) is 0 Å². The minimum atomic E-state index is 0.0532. The Morgan fingerprint density at radius 2 is 2.00 bits per heavy atom. The Morgan fingerprint density at radius 1 is 1.39 bits per heavy atom. The van der Waals surface area contributed by atoms with Gasteiger partial charge in [0.1, 0.15) is 0 Å². The number of nitrogens with zero attached hydrogens (tertiary/aromatic N) is 1. The molecule has 0 aromatic heterocycles. The van der Waals surface area contributed by atoms with Crippen molar-refractivity contribution in [3.05, 3.63) is 0 Å². The van der Waals surface area contributed by atoms with Crippen molar-refractivity contribution in [2.75, 3.05) is 19.6 Å². The molecular formula is C15H29N3. The maximum Gasteiger partial charge on any atom is 0.0691 e. The Hall–Kier alpha value is -0.560. The minimum Gasteiger partial charge on any atom is -0.329 e. The van der Waals surface area contributed by atoms with Gasteiger partial charge in [0.15, 0.2) is 0 Å². The maximum absolute atomic E-state index is 6.01. The number of likely N-dealkylation sites (tertiary alicyclic amines) is 1. The van der Waals surface area contributed by atoms with Gasteiger partial charge < -0.3 is 10.6 Å². The van der Waals surface area contributed by atoms with E-state index in [4.69, 9.17) is 12.2 Å². The molecule has 1 aliphatic heterocycles. The van der Waals surface area contributed by atoms with Crippen molar-refractivity contribution < 1.29 is 0 Å². The van der Waals surface area contributed by atoms with Crippen molar-refractivity contribution in [2.24, 2.45) is 5.73 Å². The summed E-state index contributed by atoms with van der Waals surface area (Å²) >= 11 is 0. The smallest absolute Gasteiger partial charge is 0.0691 e.